The molecule has 0 fully saturated rings. The maximum Gasteiger partial charge on any atom is 0.340 e. The maximum absolute atomic E-state index is 13.0. The van der Waals surface area contributed by atoms with E-state index in [4.69, 9.17) is 24.7 Å². The van der Waals surface area contributed by atoms with Gasteiger partial charge in [-0.15, -0.1) is 0 Å². The molecule has 34 heavy (non-hydrogen) atoms. The van der Waals surface area contributed by atoms with Crippen molar-refractivity contribution in [2.24, 2.45) is 5.73 Å². The highest BCUT2D eigenvalue weighted by molar-refractivity contribution is 9.10. The summed E-state index contributed by atoms with van der Waals surface area (Å²) in [6, 6.07) is 13.4. The van der Waals surface area contributed by atoms with E-state index in [2.05, 4.69) is 15.9 Å². The quantitative estimate of drug-likeness (QED) is 0.511. The van der Waals surface area contributed by atoms with E-state index in [9.17, 15) is 9.59 Å². The highest BCUT2D eigenvalue weighted by Gasteiger charge is 2.41. The van der Waals surface area contributed by atoms with Gasteiger partial charge in [0.25, 0.3) is 0 Å². The van der Waals surface area contributed by atoms with Gasteiger partial charge in [-0.3, -0.25) is 4.79 Å². The number of carbonyl (C=O) groups is 2. The zero-order chi connectivity index (χ0) is 24.2. The Morgan fingerprint density at radius 1 is 1.18 bits per heavy atom. The molecular formula is C26H26BrNO6. The van der Waals surface area contributed by atoms with Gasteiger partial charge in [-0.2, -0.15) is 0 Å². The van der Waals surface area contributed by atoms with Crippen molar-refractivity contribution in [3.05, 3.63) is 80.9 Å². The van der Waals surface area contributed by atoms with Gasteiger partial charge in [0.05, 0.1) is 24.1 Å². The second kappa shape index (κ2) is 10.3. The largest absolute Gasteiger partial charge is 0.490 e. The van der Waals surface area contributed by atoms with Crippen LogP contribution in [-0.4, -0.2) is 25.5 Å². The van der Waals surface area contributed by atoms with Gasteiger partial charge in [-0.05, 0) is 52.5 Å². The van der Waals surface area contributed by atoms with E-state index in [0.717, 1.165) is 5.56 Å². The topological polar surface area (TPSA) is 97.1 Å². The molecule has 0 saturated carbocycles. The minimum atomic E-state index is -0.734. The van der Waals surface area contributed by atoms with Crippen molar-refractivity contribution in [3.8, 4) is 11.5 Å². The molecule has 1 heterocycles. The lowest BCUT2D eigenvalue weighted by Gasteiger charge is -2.32. The highest BCUT2D eigenvalue weighted by atomic mass is 79.9. The first-order valence-electron chi connectivity index (χ1n) is 11.1. The number of ketones is 1. The zero-order valence-corrected chi connectivity index (χ0v) is 20.6. The van der Waals surface area contributed by atoms with Gasteiger partial charge in [0, 0.05) is 18.4 Å². The van der Waals surface area contributed by atoms with Crippen molar-refractivity contribution in [2.75, 3.05) is 13.7 Å². The van der Waals surface area contributed by atoms with Gasteiger partial charge in [-0.1, -0.05) is 30.3 Å². The molecule has 0 amide bonds. The summed E-state index contributed by atoms with van der Waals surface area (Å²) in [6.07, 6.45) is 1.63. The standard InChI is InChI=1S/C26H26BrNO6/c1-3-32-20-13-16(12-17(27)24(20)33-14-15-8-5-4-6-9-15)21-22-18(29)10-7-11-19(22)34-25(28)23(21)26(30)31-2/h4-6,8-9,12-13,21H,3,7,10-11,14,28H2,1-2H3/t21-/m0/s1. The van der Waals surface area contributed by atoms with E-state index >= 15 is 0 Å². The van der Waals surface area contributed by atoms with Crippen LogP contribution in [0.3, 0.4) is 0 Å². The summed E-state index contributed by atoms with van der Waals surface area (Å²) in [5.41, 5.74) is 8.36. The fourth-order valence-electron chi connectivity index (χ4n) is 4.29. The number of nitrogens with two attached hydrogens (primary N) is 1. The molecule has 0 radical (unpaired) electrons. The molecule has 7 nitrogen and oxygen atoms in total. The maximum atomic E-state index is 13.0. The molecule has 2 N–H and O–H groups in total. The third kappa shape index (κ3) is 4.68. The Hall–Kier alpha value is -3.26. The molecule has 2 aromatic carbocycles. The van der Waals surface area contributed by atoms with E-state index in [1.54, 1.807) is 6.07 Å². The summed E-state index contributed by atoms with van der Waals surface area (Å²) in [7, 11) is 1.27. The zero-order valence-electron chi connectivity index (χ0n) is 19.1. The number of halogens is 1. The summed E-state index contributed by atoms with van der Waals surface area (Å²) < 4.78 is 23.3. The predicted octanol–water partition coefficient (Wildman–Crippen LogP) is 4.89. The van der Waals surface area contributed by atoms with Crippen LogP contribution in [0, 0.1) is 0 Å². The van der Waals surface area contributed by atoms with Crippen molar-refractivity contribution in [2.45, 2.75) is 38.7 Å². The summed E-state index contributed by atoms with van der Waals surface area (Å²) >= 11 is 3.60. The second-order valence-electron chi connectivity index (χ2n) is 7.96. The van der Waals surface area contributed by atoms with E-state index in [0.29, 0.717) is 65.3 Å². The van der Waals surface area contributed by atoms with Crippen LogP contribution in [0.4, 0.5) is 0 Å². The lowest BCUT2D eigenvalue weighted by molar-refractivity contribution is -0.136. The molecule has 0 bridgehead atoms. The number of ether oxygens (including phenoxy) is 4. The Kier molecular flexibility index (Phi) is 7.26. The SMILES string of the molecule is CCOc1cc([C@@H]2C(C(=O)OC)=C(N)OC3=C2C(=O)CCC3)cc(Br)c1OCc1ccccc1. The second-order valence-corrected chi connectivity index (χ2v) is 8.81. The lowest BCUT2D eigenvalue weighted by Crippen LogP contribution is -2.31. The molecular weight excluding hydrogens is 502 g/mol. The minimum Gasteiger partial charge on any atom is -0.490 e. The Balaban J connectivity index is 1.80. The number of hydrogen-bond donors (Lipinski definition) is 1. The number of hydrogen-bond acceptors (Lipinski definition) is 7. The third-order valence-electron chi connectivity index (χ3n) is 5.78. The Morgan fingerprint density at radius 3 is 2.65 bits per heavy atom. The van der Waals surface area contributed by atoms with Gasteiger partial charge in [0.15, 0.2) is 17.3 Å². The number of benzene rings is 2. The van der Waals surface area contributed by atoms with Crippen molar-refractivity contribution >= 4 is 27.7 Å². The number of rotatable bonds is 7. The van der Waals surface area contributed by atoms with Gasteiger partial charge >= 0.3 is 5.97 Å². The van der Waals surface area contributed by atoms with Crippen LogP contribution in [0.25, 0.3) is 0 Å². The fourth-order valence-corrected chi connectivity index (χ4v) is 4.86. The minimum absolute atomic E-state index is 0.0520. The Labute approximate surface area is 206 Å². The summed E-state index contributed by atoms with van der Waals surface area (Å²) in [5, 5.41) is 0. The monoisotopic (exact) mass is 527 g/mol. The molecule has 1 aliphatic heterocycles. The summed E-state index contributed by atoms with van der Waals surface area (Å²) in [6.45, 7) is 2.63. The van der Waals surface area contributed by atoms with E-state index in [-0.39, 0.29) is 17.2 Å². The smallest absolute Gasteiger partial charge is 0.340 e. The molecule has 8 heteroatoms. The average Bonchev–Trinajstić information content (AvgIpc) is 2.83. The number of esters is 1. The Bertz CT molecular complexity index is 1170. The van der Waals surface area contributed by atoms with Gasteiger partial charge in [-0.25, -0.2) is 4.79 Å². The summed E-state index contributed by atoms with van der Waals surface area (Å²) in [4.78, 5) is 25.7. The molecule has 0 unspecified atom stereocenters. The number of methoxy groups -OCH3 is 1. The van der Waals surface area contributed by atoms with Crippen molar-refractivity contribution in [3.63, 3.8) is 0 Å². The van der Waals surface area contributed by atoms with Crippen LogP contribution in [-0.2, 0) is 25.7 Å². The molecule has 0 spiro atoms. The van der Waals surface area contributed by atoms with Gasteiger partial charge < -0.3 is 24.7 Å². The van der Waals surface area contributed by atoms with E-state index in [1.807, 2.05) is 43.3 Å². The van der Waals surface area contributed by atoms with Crippen molar-refractivity contribution < 1.29 is 28.5 Å². The number of Topliss-reactive ketones (excluding diaryl/α,β-unsaturated/α-hetero) is 1. The molecule has 1 aliphatic carbocycles. The van der Waals surface area contributed by atoms with Crippen molar-refractivity contribution in [1.29, 1.82) is 0 Å². The first kappa shape index (κ1) is 23.9. The number of allylic oxidation sites excluding steroid dienone is 2. The highest BCUT2D eigenvalue weighted by Crippen LogP contribution is 2.47. The molecule has 2 aliphatic rings. The Morgan fingerprint density at radius 2 is 1.94 bits per heavy atom. The number of carbonyl (C=O) groups excluding carboxylic acids is 2. The molecule has 0 aromatic heterocycles. The summed E-state index contributed by atoms with van der Waals surface area (Å²) in [5.74, 6) is 0.0191. The van der Waals surface area contributed by atoms with Gasteiger partial charge in [0.2, 0.25) is 5.88 Å². The van der Waals surface area contributed by atoms with Gasteiger partial charge in [0.1, 0.15) is 17.9 Å². The van der Waals surface area contributed by atoms with Crippen molar-refractivity contribution in [1.82, 2.24) is 0 Å². The molecule has 0 saturated heterocycles. The normalized spacial score (nSPS) is 17.7. The van der Waals surface area contributed by atoms with Crippen LogP contribution in [0.1, 0.15) is 43.2 Å². The fraction of sp³-hybridized carbons (Fsp3) is 0.308. The molecule has 4 rings (SSSR count). The third-order valence-corrected chi connectivity index (χ3v) is 6.37. The predicted molar refractivity (Wildman–Crippen MR) is 129 cm³/mol. The molecule has 2 aromatic rings. The molecule has 1 atom stereocenters. The van der Waals surface area contributed by atoms with Crippen LogP contribution in [0.5, 0.6) is 11.5 Å². The van der Waals surface area contributed by atoms with Crippen LogP contribution in [0.2, 0.25) is 0 Å². The first-order chi connectivity index (χ1) is 16.4. The van der Waals surface area contributed by atoms with Crippen LogP contribution in [0.15, 0.2) is 69.7 Å². The van der Waals surface area contributed by atoms with Crippen LogP contribution >= 0.6 is 15.9 Å². The lowest BCUT2D eigenvalue weighted by atomic mass is 9.77. The van der Waals surface area contributed by atoms with Crippen LogP contribution < -0.4 is 15.2 Å². The van der Waals surface area contributed by atoms with E-state index < -0.39 is 11.9 Å². The average molecular weight is 528 g/mol. The first-order valence-corrected chi connectivity index (χ1v) is 11.9. The van der Waals surface area contributed by atoms with E-state index in [1.165, 1.54) is 7.11 Å². The molecule has 178 valence electrons.